The van der Waals surface area contributed by atoms with Crippen LogP contribution >= 0.6 is 11.8 Å². The van der Waals surface area contributed by atoms with Gasteiger partial charge in [-0.05, 0) is 12.5 Å². The summed E-state index contributed by atoms with van der Waals surface area (Å²) in [4.78, 5) is 18.7. The third-order valence-corrected chi connectivity index (χ3v) is 3.34. The highest BCUT2D eigenvalue weighted by Crippen LogP contribution is 2.22. The first-order valence-electron chi connectivity index (χ1n) is 5.90. The Bertz CT molecular complexity index is 556. The van der Waals surface area contributed by atoms with E-state index in [0.717, 1.165) is 23.6 Å². The number of hydrogen-bond acceptors (Lipinski definition) is 5. The maximum Gasteiger partial charge on any atom is 0.313 e. The number of aryl methyl sites for hydroxylation is 1. The van der Waals surface area contributed by atoms with Gasteiger partial charge in [-0.2, -0.15) is 5.10 Å². The van der Waals surface area contributed by atoms with E-state index >= 15 is 0 Å². The van der Waals surface area contributed by atoms with Crippen molar-refractivity contribution in [3.8, 4) is 5.82 Å². The van der Waals surface area contributed by atoms with E-state index in [1.54, 1.807) is 16.9 Å². The fourth-order valence-corrected chi connectivity index (χ4v) is 2.35. The summed E-state index contributed by atoms with van der Waals surface area (Å²) in [5.41, 5.74) is 0.939. The Labute approximate surface area is 114 Å². The van der Waals surface area contributed by atoms with Crippen molar-refractivity contribution in [2.75, 3.05) is 5.75 Å². The van der Waals surface area contributed by atoms with Gasteiger partial charge in [-0.1, -0.05) is 25.1 Å². The number of thioether (sulfide) groups is 1. The molecule has 0 bridgehead atoms. The number of aromatic nitrogens is 4. The van der Waals surface area contributed by atoms with Gasteiger partial charge in [0.15, 0.2) is 5.82 Å². The van der Waals surface area contributed by atoms with Gasteiger partial charge in [-0.25, -0.2) is 14.6 Å². The monoisotopic (exact) mass is 278 g/mol. The van der Waals surface area contributed by atoms with Crippen LogP contribution in [0.2, 0.25) is 0 Å². The Hall–Kier alpha value is -1.89. The zero-order valence-electron chi connectivity index (χ0n) is 10.5. The van der Waals surface area contributed by atoms with Gasteiger partial charge in [0.05, 0.1) is 11.4 Å². The molecular weight excluding hydrogens is 264 g/mol. The molecule has 0 spiro atoms. The molecule has 0 aliphatic rings. The van der Waals surface area contributed by atoms with E-state index in [-0.39, 0.29) is 5.75 Å². The second-order valence-corrected chi connectivity index (χ2v) is 4.88. The topological polar surface area (TPSA) is 80.9 Å². The van der Waals surface area contributed by atoms with Gasteiger partial charge in [0.1, 0.15) is 11.4 Å². The lowest BCUT2D eigenvalue weighted by Gasteiger charge is -2.03. The normalized spacial score (nSPS) is 10.6. The minimum absolute atomic E-state index is 0.00232. The van der Waals surface area contributed by atoms with Crippen molar-refractivity contribution in [2.45, 2.75) is 24.8 Å². The maximum absolute atomic E-state index is 10.7. The molecule has 0 amide bonds. The Morgan fingerprint density at radius 3 is 3.00 bits per heavy atom. The van der Waals surface area contributed by atoms with E-state index in [1.807, 2.05) is 6.07 Å². The predicted molar refractivity (Wildman–Crippen MR) is 71.5 cm³/mol. The molecule has 2 rings (SSSR count). The number of carboxylic acid groups (broad SMARTS) is 1. The van der Waals surface area contributed by atoms with E-state index in [0.29, 0.717) is 5.82 Å². The summed E-state index contributed by atoms with van der Waals surface area (Å²) in [5, 5.41) is 14.0. The molecule has 0 aliphatic heterocycles. The van der Waals surface area contributed by atoms with Crippen LogP contribution in [0, 0.1) is 0 Å². The van der Waals surface area contributed by atoms with Crippen molar-refractivity contribution in [1.82, 2.24) is 19.7 Å². The number of rotatable bonds is 6. The molecule has 19 heavy (non-hydrogen) atoms. The van der Waals surface area contributed by atoms with Gasteiger partial charge in [0, 0.05) is 12.3 Å². The van der Waals surface area contributed by atoms with Crippen LogP contribution in [-0.2, 0) is 11.2 Å². The van der Waals surface area contributed by atoms with Gasteiger partial charge in [0.2, 0.25) is 0 Å². The Kier molecular flexibility index (Phi) is 4.51. The minimum Gasteiger partial charge on any atom is -0.481 e. The van der Waals surface area contributed by atoms with E-state index in [9.17, 15) is 4.79 Å². The molecule has 0 aromatic carbocycles. The number of carbonyl (C=O) groups is 1. The lowest BCUT2D eigenvalue weighted by molar-refractivity contribution is -0.133. The Balaban J connectivity index is 2.31. The first-order valence-corrected chi connectivity index (χ1v) is 6.89. The van der Waals surface area contributed by atoms with Crippen molar-refractivity contribution < 1.29 is 9.90 Å². The second kappa shape index (κ2) is 6.33. The van der Waals surface area contributed by atoms with Gasteiger partial charge in [-0.15, -0.1) is 0 Å². The highest BCUT2D eigenvalue weighted by Gasteiger charge is 2.12. The molecule has 7 heteroatoms. The molecule has 0 unspecified atom stereocenters. The van der Waals surface area contributed by atoms with Crippen LogP contribution in [0.15, 0.2) is 29.7 Å². The molecule has 0 fully saturated rings. The average Bonchev–Trinajstić information content (AvgIpc) is 2.81. The van der Waals surface area contributed by atoms with Crippen molar-refractivity contribution in [3.05, 3.63) is 30.4 Å². The molecular formula is C12H14N4O2S. The van der Waals surface area contributed by atoms with Crippen molar-refractivity contribution in [2.24, 2.45) is 0 Å². The zero-order chi connectivity index (χ0) is 13.7. The summed E-state index contributed by atoms with van der Waals surface area (Å²) in [6.45, 7) is 2.08. The maximum atomic E-state index is 10.7. The minimum atomic E-state index is -0.850. The first kappa shape index (κ1) is 13.5. The van der Waals surface area contributed by atoms with Gasteiger partial charge in [-0.3, -0.25) is 4.79 Å². The molecule has 2 aromatic heterocycles. The average molecular weight is 278 g/mol. The smallest absolute Gasteiger partial charge is 0.313 e. The van der Waals surface area contributed by atoms with Crippen LogP contribution in [0.25, 0.3) is 5.82 Å². The number of hydrogen-bond donors (Lipinski definition) is 1. The van der Waals surface area contributed by atoms with Crippen LogP contribution in [0.5, 0.6) is 0 Å². The lowest BCUT2D eigenvalue weighted by atomic mass is 10.3. The summed E-state index contributed by atoms with van der Waals surface area (Å²) in [7, 11) is 0. The van der Waals surface area contributed by atoms with E-state index in [2.05, 4.69) is 22.0 Å². The Morgan fingerprint density at radius 1 is 1.53 bits per heavy atom. The number of carboxylic acids is 1. The molecule has 0 saturated carbocycles. The third-order valence-electron chi connectivity index (χ3n) is 2.36. The van der Waals surface area contributed by atoms with Crippen LogP contribution in [-0.4, -0.2) is 36.6 Å². The zero-order valence-corrected chi connectivity index (χ0v) is 11.3. The fourth-order valence-electron chi connectivity index (χ4n) is 1.60. The molecule has 0 saturated heterocycles. The van der Waals surface area contributed by atoms with Crippen molar-refractivity contribution in [3.63, 3.8) is 0 Å². The van der Waals surface area contributed by atoms with E-state index < -0.39 is 5.97 Å². The summed E-state index contributed by atoms with van der Waals surface area (Å²) in [6.07, 6.45) is 4.93. The molecule has 6 nitrogen and oxygen atoms in total. The molecule has 2 heterocycles. The van der Waals surface area contributed by atoms with Crippen LogP contribution < -0.4 is 0 Å². The molecule has 100 valence electrons. The first-order chi connectivity index (χ1) is 9.20. The predicted octanol–water partition coefficient (Wildman–Crippen LogP) is 1.79. The quantitative estimate of drug-likeness (QED) is 0.811. The third kappa shape index (κ3) is 3.54. The summed E-state index contributed by atoms with van der Waals surface area (Å²) >= 11 is 1.24. The summed E-state index contributed by atoms with van der Waals surface area (Å²) in [6, 6.07) is 3.66. The highest BCUT2D eigenvalue weighted by molar-refractivity contribution is 7.99. The number of nitrogens with zero attached hydrogens (tertiary/aromatic N) is 4. The Morgan fingerprint density at radius 2 is 2.37 bits per heavy atom. The lowest BCUT2D eigenvalue weighted by Crippen LogP contribution is -2.04. The largest absolute Gasteiger partial charge is 0.481 e. The molecule has 0 aliphatic carbocycles. The SMILES string of the molecule is CCCc1cc(SCC(=O)O)n(-c2ccncn2)n1. The number of aliphatic carboxylic acids is 1. The summed E-state index contributed by atoms with van der Waals surface area (Å²) in [5.74, 6) is -0.203. The van der Waals surface area contributed by atoms with Crippen LogP contribution in [0.4, 0.5) is 0 Å². The fraction of sp³-hybridized carbons (Fsp3) is 0.333. The molecule has 0 radical (unpaired) electrons. The van der Waals surface area contributed by atoms with Crippen LogP contribution in [0.1, 0.15) is 19.0 Å². The second-order valence-electron chi connectivity index (χ2n) is 3.89. The summed E-state index contributed by atoms with van der Waals surface area (Å²) < 4.78 is 1.67. The van der Waals surface area contributed by atoms with Crippen molar-refractivity contribution >= 4 is 17.7 Å². The molecule has 1 N–H and O–H groups in total. The van der Waals surface area contributed by atoms with E-state index in [4.69, 9.17) is 5.11 Å². The van der Waals surface area contributed by atoms with Gasteiger partial charge < -0.3 is 5.11 Å². The molecule has 2 aromatic rings. The van der Waals surface area contributed by atoms with Gasteiger partial charge in [0.25, 0.3) is 0 Å². The van der Waals surface area contributed by atoms with Crippen molar-refractivity contribution in [1.29, 1.82) is 0 Å². The van der Waals surface area contributed by atoms with Gasteiger partial charge >= 0.3 is 5.97 Å². The molecule has 0 atom stereocenters. The van der Waals surface area contributed by atoms with E-state index in [1.165, 1.54) is 18.1 Å². The highest BCUT2D eigenvalue weighted by atomic mass is 32.2. The standard InChI is InChI=1S/C12H14N4O2S/c1-2-3-9-6-11(19-7-12(17)18)16(15-9)10-4-5-13-8-14-10/h4-6,8H,2-3,7H2,1H3,(H,17,18). The van der Waals surface area contributed by atoms with Crippen LogP contribution in [0.3, 0.4) is 0 Å².